The molecule has 0 aromatic heterocycles. The number of ketones is 1. The minimum Gasteiger partial charge on any atom is -0.495 e. The van der Waals surface area contributed by atoms with Crippen LogP contribution in [0.3, 0.4) is 0 Å². The van der Waals surface area contributed by atoms with Crippen LogP contribution in [0.4, 0.5) is 0 Å². The van der Waals surface area contributed by atoms with Gasteiger partial charge in [0.25, 0.3) is 0 Å². The molecule has 0 bridgehead atoms. The predicted molar refractivity (Wildman–Crippen MR) is 65.5 cm³/mol. The van der Waals surface area contributed by atoms with Crippen LogP contribution in [0, 0.1) is 14.9 Å². The Hall–Kier alpha value is -0.800. The molecule has 0 aliphatic carbocycles. The summed E-state index contributed by atoms with van der Waals surface area (Å²) in [5, 5.41) is 8.77. The van der Waals surface area contributed by atoms with E-state index in [-0.39, 0.29) is 11.7 Å². The summed E-state index contributed by atoms with van der Waals surface area (Å²) in [6.45, 7) is 0. The summed E-state index contributed by atoms with van der Waals surface area (Å²) in [7, 11) is 1.48. The number of nitrogens with zero attached hydrogens (tertiary/aromatic N) is 1. The number of rotatable bonds is 3. The molecule has 0 heterocycles. The van der Waals surface area contributed by atoms with Crippen molar-refractivity contribution in [1.29, 1.82) is 5.26 Å². The van der Waals surface area contributed by atoms with Crippen LogP contribution in [0.15, 0.2) is 12.1 Å². The number of Topliss-reactive ketones (excluding diaryl/α,β-unsaturated/α-hetero) is 1. The van der Waals surface area contributed by atoms with Gasteiger partial charge in [-0.25, -0.2) is 0 Å². The van der Waals surface area contributed by atoms with Crippen molar-refractivity contribution >= 4 is 40.0 Å². The van der Waals surface area contributed by atoms with Crippen LogP contribution in [0.2, 0.25) is 0 Å². The molecule has 0 spiro atoms. The molecule has 0 atom stereocenters. The van der Waals surface area contributed by atoms with Crippen LogP contribution in [-0.4, -0.2) is 18.8 Å². The zero-order valence-electron chi connectivity index (χ0n) is 7.88. The summed E-state index contributed by atoms with van der Waals surface area (Å²) in [5.74, 6) is 0.102. The van der Waals surface area contributed by atoms with Crippen LogP contribution >= 0.6 is 34.2 Å². The minimum absolute atomic E-state index is 0.124. The molecule has 0 unspecified atom stereocenters. The van der Waals surface area contributed by atoms with Crippen molar-refractivity contribution < 1.29 is 9.53 Å². The molecule has 0 amide bonds. The first-order chi connectivity index (χ1) is 7.13. The largest absolute Gasteiger partial charge is 0.495 e. The normalized spacial score (nSPS) is 9.47. The number of nitriles is 1. The summed E-state index contributed by atoms with van der Waals surface area (Å²) in [6.07, 6.45) is 0. The van der Waals surface area contributed by atoms with Crippen molar-refractivity contribution in [2.24, 2.45) is 0 Å². The Bertz CT molecular complexity index is 440. The standard InChI is InChI=1S/C10H7ClINO2/c1-15-10-7(9(14)4-11)2-6(5-13)3-8(10)12/h2-3H,4H2,1H3. The number of ether oxygens (including phenoxy) is 1. The van der Waals surface area contributed by atoms with Crippen molar-refractivity contribution in [3.05, 3.63) is 26.8 Å². The van der Waals surface area contributed by atoms with Crippen LogP contribution in [-0.2, 0) is 0 Å². The maximum Gasteiger partial charge on any atom is 0.181 e. The van der Waals surface area contributed by atoms with Gasteiger partial charge in [0.15, 0.2) is 5.78 Å². The first-order valence-electron chi connectivity index (χ1n) is 4.00. The summed E-state index contributed by atoms with van der Waals surface area (Å²) >= 11 is 7.49. The summed E-state index contributed by atoms with van der Waals surface area (Å²) in [5.41, 5.74) is 0.782. The zero-order chi connectivity index (χ0) is 11.4. The maximum absolute atomic E-state index is 11.5. The Balaban J connectivity index is 3.40. The molecule has 15 heavy (non-hydrogen) atoms. The Morgan fingerprint density at radius 2 is 2.33 bits per heavy atom. The van der Waals surface area contributed by atoms with Crippen molar-refractivity contribution in [3.63, 3.8) is 0 Å². The third-order valence-electron chi connectivity index (χ3n) is 1.80. The van der Waals surface area contributed by atoms with Gasteiger partial charge in [0, 0.05) is 0 Å². The molecule has 1 aromatic rings. The lowest BCUT2D eigenvalue weighted by atomic mass is 10.1. The molecular formula is C10H7ClINO2. The SMILES string of the molecule is COc1c(I)cc(C#N)cc1C(=O)CCl. The van der Waals surface area contributed by atoms with Gasteiger partial charge in [-0.3, -0.25) is 4.79 Å². The fraction of sp³-hybridized carbons (Fsp3) is 0.200. The van der Waals surface area contributed by atoms with E-state index in [1.54, 1.807) is 6.07 Å². The summed E-state index contributed by atoms with van der Waals surface area (Å²) in [6, 6.07) is 5.13. The van der Waals surface area contributed by atoms with Gasteiger partial charge in [-0.05, 0) is 34.7 Å². The van der Waals surface area contributed by atoms with Crippen molar-refractivity contribution in [2.45, 2.75) is 0 Å². The monoisotopic (exact) mass is 335 g/mol. The van der Waals surface area contributed by atoms with E-state index >= 15 is 0 Å². The molecule has 0 aliphatic rings. The quantitative estimate of drug-likeness (QED) is 0.485. The van der Waals surface area contributed by atoms with E-state index in [1.807, 2.05) is 28.7 Å². The highest BCUT2D eigenvalue weighted by Gasteiger charge is 2.15. The fourth-order valence-corrected chi connectivity index (χ4v) is 2.13. The summed E-state index contributed by atoms with van der Waals surface area (Å²) < 4.78 is 5.83. The van der Waals surface area contributed by atoms with E-state index in [4.69, 9.17) is 21.6 Å². The molecule has 3 nitrogen and oxygen atoms in total. The lowest BCUT2D eigenvalue weighted by molar-refractivity contribution is 0.101. The van der Waals surface area contributed by atoms with E-state index in [1.165, 1.54) is 13.2 Å². The molecule has 0 radical (unpaired) electrons. The highest BCUT2D eigenvalue weighted by molar-refractivity contribution is 14.1. The lowest BCUT2D eigenvalue weighted by Crippen LogP contribution is -2.05. The number of hydrogen-bond acceptors (Lipinski definition) is 3. The molecule has 78 valence electrons. The van der Waals surface area contributed by atoms with Gasteiger partial charge in [-0.1, -0.05) is 0 Å². The number of alkyl halides is 1. The third kappa shape index (κ3) is 2.61. The smallest absolute Gasteiger partial charge is 0.181 e. The maximum atomic E-state index is 11.5. The zero-order valence-corrected chi connectivity index (χ0v) is 10.8. The van der Waals surface area contributed by atoms with Gasteiger partial charge < -0.3 is 4.74 Å². The number of halogens is 2. The highest BCUT2D eigenvalue weighted by Crippen LogP contribution is 2.27. The molecule has 0 saturated heterocycles. The number of hydrogen-bond donors (Lipinski definition) is 0. The van der Waals surface area contributed by atoms with Gasteiger partial charge >= 0.3 is 0 Å². The number of methoxy groups -OCH3 is 1. The van der Waals surface area contributed by atoms with Gasteiger partial charge in [0.05, 0.1) is 33.8 Å². The molecule has 1 aromatic carbocycles. The molecular weight excluding hydrogens is 328 g/mol. The van der Waals surface area contributed by atoms with E-state index in [0.29, 0.717) is 16.9 Å². The van der Waals surface area contributed by atoms with Gasteiger partial charge in [0.1, 0.15) is 5.75 Å². The second kappa shape index (κ2) is 5.33. The van der Waals surface area contributed by atoms with Crippen LogP contribution < -0.4 is 4.74 Å². The molecule has 1 rings (SSSR count). The summed E-state index contributed by atoms with van der Waals surface area (Å²) in [4.78, 5) is 11.5. The van der Waals surface area contributed by atoms with Crippen molar-refractivity contribution in [3.8, 4) is 11.8 Å². The van der Waals surface area contributed by atoms with E-state index in [2.05, 4.69) is 0 Å². The molecule has 0 N–H and O–H groups in total. The number of carbonyl (C=O) groups is 1. The lowest BCUT2D eigenvalue weighted by Gasteiger charge is -2.08. The van der Waals surface area contributed by atoms with Crippen LogP contribution in [0.1, 0.15) is 15.9 Å². The average Bonchev–Trinajstić information content (AvgIpc) is 2.26. The molecule has 0 fully saturated rings. The number of carbonyl (C=O) groups excluding carboxylic acids is 1. The Morgan fingerprint density at radius 1 is 1.67 bits per heavy atom. The Labute approximate surface area is 106 Å². The first-order valence-corrected chi connectivity index (χ1v) is 5.62. The second-order valence-electron chi connectivity index (χ2n) is 2.71. The third-order valence-corrected chi connectivity index (χ3v) is 2.84. The highest BCUT2D eigenvalue weighted by atomic mass is 127. The molecule has 0 saturated carbocycles. The predicted octanol–water partition coefficient (Wildman–Crippen LogP) is 2.59. The van der Waals surface area contributed by atoms with Gasteiger partial charge in [-0.15, -0.1) is 11.6 Å². The Morgan fingerprint density at radius 3 is 2.80 bits per heavy atom. The van der Waals surface area contributed by atoms with Crippen LogP contribution in [0.5, 0.6) is 5.75 Å². The van der Waals surface area contributed by atoms with E-state index in [0.717, 1.165) is 3.57 Å². The van der Waals surface area contributed by atoms with Crippen molar-refractivity contribution in [2.75, 3.05) is 13.0 Å². The second-order valence-corrected chi connectivity index (χ2v) is 4.14. The van der Waals surface area contributed by atoms with E-state index < -0.39 is 0 Å². The Kier molecular flexibility index (Phi) is 4.36. The molecule has 5 heteroatoms. The topological polar surface area (TPSA) is 50.1 Å². The number of benzene rings is 1. The van der Waals surface area contributed by atoms with Gasteiger partial charge in [-0.2, -0.15) is 5.26 Å². The average molecular weight is 336 g/mol. The fourth-order valence-electron chi connectivity index (χ4n) is 1.14. The van der Waals surface area contributed by atoms with Crippen molar-refractivity contribution in [1.82, 2.24) is 0 Å². The first kappa shape index (κ1) is 12.3. The van der Waals surface area contributed by atoms with Crippen LogP contribution in [0.25, 0.3) is 0 Å². The van der Waals surface area contributed by atoms with Gasteiger partial charge in [0.2, 0.25) is 0 Å². The molecule has 0 aliphatic heterocycles. The minimum atomic E-state index is -0.247. The van der Waals surface area contributed by atoms with E-state index in [9.17, 15) is 4.79 Å².